The van der Waals surface area contributed by atoms with Gasteiger partial charge in [-0.3, -0.25) is 24.7 Å². The molecule has 2 rings (SSSR count). The number of amides is 2. The third-order valence-electron chi connectivity index (χ3n) is 4.90. The van der Waals surface area contributed by atoms with Crippen molar-refractivity contribution < 1.29 is 14.7 Å². The van der Waals surface area contributed by atoms with Crippen molar-refractivity contribution in [2.24, 2.45) is 11.8 Å². The van der Waals surface area contributed by atoms with E-state index in [9.17, 15) is 14.7 Å². The van der Waals surface area contributed by atoms with Crippen molar-refractivity contribution in [2.45, 2.75) is 45.9 Å². The molecule has 0 saturated carbocycles. The highest BCUT2D eigenvalue weighted by molar-refractivity contribution is 6.12. The Bertz CT molecular complexity index is 424. The van der Waals surface area contributed by atoms with Crippen LogP contribution in [0.2, 0.25) is 0 Å². The van der Waals surface area contributed by atoms with Gasteiger partial charge in [-0.25, -0.2) is 0 Å². The third-order valence-corrected chi connectivity index (χ3v) is 4.90. The van der Waals surface area contributed by atoms with E-state index in [1.54, 1.807) is 0 Å². The molecule has 2 aliphatic rings. The molecule has 130 valence electrons. The molecule has 0 radical (unpaired) electrons. The van der Waals surface area contributed by atoms with Gasteiger partial charge in [0.05, 0.1) is 0 Å². The molecule has 6 nitrogen and oxygen atoms in total. The number of aliphatic hydroxyl groups is 1. The highest BCUT2D eigenvalue weighted by Crippen LogP contribution is 2.24. The van der Waals surface area contributed by atoms with Crippen LogP contribution < -0.4 is 5.32 Å². The van der Waals surface area contributed by atoms with Gasteiger partial charge in [0.15, 0.2) is 6.35 Å². The summed E-state index contributed by atoms with van der Waals surface area (Å²) >= 11 is 0. The Labute approximate surface area is 138 Å². The number of nitrogens with one attached hydrogen (secondary N) is 1. The van der Waals surface area contributed by atoms with Crippen LogP contribution in [0.3, 0.4) is 0 Å². The number of carbonyl (C=O) groups excluding carboxylic acids is 2. The standard InChI is InChI=1S/C17H29N3O3/c1-13(2)14-7-11-19(12-8-14)17(23)18-9-3-4-10-20-15(21)5-6-16(20)22/h5-6,13-14,17-18,23H,3-4,7-12H2,1-2H3. The molecule has 2 aliphatic heterocycles. The van der Waals surface area contributed by atoms with Gasteiger partial charge in [0.25, 0.3) is 11.8 Å². The maximum atomic E-state index is 11.4. The van der Waals surface area contributed by atoms with Crippen LogP contribution in [0.1, 0.15) is 39.5 Å². The Morgan fingerprint density at radius 3 is 2.35 bits per heavy atom. The van der Waals surface area contributed by atoms with Gasteiger partial charge >= 0.3 is 0 Å². The molecule has 0 aromatic carbocycles. The second kappa shape index (κ2) is 8.57. The molecule has 0 aromatic heterocycles. The average Bonchev–Trinajstić information content (AvgIpc) is 2.86. The second-order valence-electron chi connectivity index (χ2n) is 6.81. The highest BCUT2D eigenvalue weighted by Gasteiger charge is 2.25. The summed E-state index contributed by atoms with van der Waals surface area (Å²) in [5.41, 5.74) is 0. The minimum Gasteiger partial charge on any atom is -0.365 e. The molecular formula is C17H29N3O3. The third kappa shape index (κ3) is 5.12. The van der Waals surface area contributed by atoms with Gasteiger partial charge in [-0.15, -0.1) is 0 Å². The normalized spacial score (nSPS) is 21.7. The molecule has 1 saturated heterocycles. The van der Waals surface area contributed by atoms with Gasteiger partial charge in [-0.2, -0.15) is 0 Å². The van der Waals surface area contributed by atoms with Crippen LogP contribution in [-0.2, 0) is 9.59 Å². The summed E-state index contributed by atoms with van der Waals surface area (Å²) in [6.07, 6.45) is 5.87. The van der Waals surface area contributed by atoms with Gasteiger partial charge in [0, 0.05) is 31.8 Å². The van der Waals surface area contributed by atoms with Crippen molar-refractivity contribution in [3.8, 4) is 0 Å². The molecule has 0 aliphatic carbocycles. The van der Waals surface area contributed by atoms with E-state index in [-0.39, 0.29) is 11.8 Å². The Morgan fingerprint density at radius 2 is 1.78 bits per heavy atom. The largest absolute Gasteiger partial charge is 0.365 e. The first-order valence-electron chi connectivity index (χ1n) is 8.68. The molecule has 0 bridgehead atoms. The minimum atomic E-state index is -0.597. The van der Waals surface area contributed by atoms with Crippen molar-refractivity contribution >= 4 is 11.8 Å². The Hall–Kier alpha value is -1.24. The summed E-state index contributed by atoms with van der Waals surface area (Å²) in [5, 5.41) is 13.3. The van der Waals surface area contributed by atoms with E-state index < -0.39 is 6.35 Å². The fourth-order valence-corrected chi connectivity index (χ4v) is 3.24. The van der Waals surface area contributed by atoms with Crippen LogP contribution in [-0.4, -0.2) is 59.3 Å². The number of aliphatic hydroxyl groups excluding tert-OH is 1. The predicted molar refractivity (Wildman–Crippen MR) is 88.2 cm³/mol. The maximum absolute atomic E-state index is 11.4. The number of piperidine rings is 1. The molecule has 2 heterocycles. The van der Waals surface area contributed by atoms with E-state index in [0.29, 0.717) is 19.0 Å². The summed E-state index contributed by atoms with van der Waals surface area (Å²) in [4.78, 5) is 26.1. The molecule has 2 amide bonds. The SMILES string of the molecule is CC(C)C1CCN(C(O)NCCCCN2C(=O)C=CC2=O)CC1. The summed E-state index contributed by atoms with van der Waals surface area (Å²) < 4.78 is 0. The lowest BCUT2D eigenvalue weighted by Crippen LogP contribution is -2.49. The maximum Gasteiger partial charge on any atom is 0.253 e. The average molecular weight is 323 g/mol. The lowest BCUT2D eigenvalue weighted by molar-refractivity contribution is -0.136. The van der Waals surface area contributed by atoms with E-state index in [1.807, 2.05) is 0 Å². The van der Waals surface area contributed by atoms with Crippen LogP contribution in [0.5, 0.6) is 0 Å². The molecular weight excluding hydrogens is 294 g/mol. The van der Waals surface area contributed by atoms with Gasteiger partial charge in [0.1, 0.15) is 0 Å². The van der Waals surface area contributed by atoms with E-state index >= 15 is 0 Å². The number of carbonyl (C=O) groups is 2. The van der Waals surface area contributed by atoms with Crippen molar-refractivity contribution in [3.05, 3.63) is 12.2 Å². The highest BCUT2D eigenvalue weighted by atomic mass is 16.3. The molecule has 2 N–H and O–H groups in total. The molecule has 6 heteroatoms. The van der Waals surface area contributed by atoms with Crippen LogP contribution in [0.4, 0.5) is 0 Å². The summed E-state index contributed by atoms with van der Waals surface area (Å²) in [5.74, 6) is 1.03. The Balaban J connectivity index is 1.56. The fraction of sp³-hybridized carbons (Fsp3) is 0.765. The monoisotopic (exact) mass is 323 g/mol. The zero-order valence-corrected chi connectivity index (χ0v) is 14.2. The Kier molecular flexibility index (Phi) is 6.74. The number of rotatable bonds is 8. The van der Waals surface area contributed by atoms with Crippen LogP contribution >= 0.6 is 0 Å². The zero-order chi connectivity index (χ0) is 16.8. The van der Waals surface area contributed by atoms with Crippen molar-refractivity contribution in [1.29, 1.82) is 0 Å². The van der Waals surface area contributed by atoms with E-state index in [1.165, 1.54) is 17.1 Å². The van der Waals surface area contributed by atoms with E-state index in [0.717, 1.165) is 44.7 Å². The van der Waals surface area contributed by atoms with Gasteiger partial charge in [-0.1, -0.05) is 13.8 Å². The summed E-state index contributed by atoms with van der Waals surface area (Å²) in [6.45, 7) is 7.51. The molecule has 1 atom stereocenters. The number of hydrogen-bond donors (Lipinski definition) is 2. The molecule has 1 unspecified atom stereocenters. The van der Waals surface area contributed by atoms with Crippen molar-refractivity contribution in [2.75, 3.05) is 26.2 Å². The number of imide groups is 1. The topological polar surface area (TPSA) is 72.9 Å². The minimum absolute atomic E-state index is 0.226. The van der Waals surface area contributed by atoms with Gasteiger partial charge in [-0.05, 0) is 44.1 Å². The van der Waals surface area contributed by atoms with Crippen molar-refractivity contribution in [3.63, 3.8) is 0 Å². The quantitative estimate of drug-likeness (QED) is 0.395. The first-order valence-corrected chi connectivity index (χ1v) is 8.68. The van der Waals surface area contributed by atoms with Crippen LogP contribution in [0, 0.1) is 11.8 Å². The fourth-order valence-electron chi connectivity index (χ4n) is 3.24. The number of likely N-dealkylation sites (tertiary alicyclic amines) is 1. The molecule has 1 fully saturated rings. The first kappa shape index (κ1) is 18.1. The van der Waals surface area contributed by atoms with Gasteiger partial charge < -0.3 is 5.11 Å². The molecule has 23 heavy (non-hydrogen) atoms. The molecule has 0 spiro atoms. The van der Waals surface area contributed by atoms with Gasteiger partial charge in [0.2, 0.25) is 0 Å². The zero-order valence-electron chi connectivity index (χ0n) is 14.2. The van der Waals surface area contributed by atoms with Crippen LogP contribution in [0.25, 0.3) is 0 Å². The summed E-state index contributed by atoms with van der Waals surface area (Å²) in [7, 11) is 0. The second-order valence-corrected chi connectivity index (χ2v) is 6.81. The summed E-state index contributed by atoms with van der Waals surface area (Å²) in [6, 6.07) is 0. The number of nitrogens with zero attached hydrogens (tertiary/aromatic N) is 2. The first-order chi connectivity index (χ1) is 11.0. The Morgan fingerprint density at radius 1 is 1.17 bits per heavy atom. The van der Waals surface area contributed by atoms with E-state index in [4.69, 9.17) is 0 Å². The lowest BCUT2D eigenvalue weighted by Gasteiger charge is -2.36. The van der Waals surface area contributed by atoms with Crippen molar-refractivity contribution in [1.82, 2.24) is 15.1 Å². The lowest BCUT2D eigenvalue weighted by atomic mass is 9.87. The number of hydrogen-bond acceptors (Lipinski definition) is 5. The predicted octanol–water partition coefficient (Wildman–Crippen LogP) is 0.925. The van der Waals surface area contributed by atoms with Crippen LogP contribution in [0.15, 0.2) is 12.2 Å². The van der Waals surface area contributed by atoms with E-state index in [2.05, 4.69) is 24.1 Å². The smallest absolute Gasteiger partial charge is 0.253 e. The number of unbranched alkanes of at least 4 members (excludes halogenated alkanes) is 1. The molecule has 0 aromatic rings.